The average Bonchev–Trinajstić information content (AvgIpc) is 2.75. The summed E-state index contributed by atoms with van der Waals surface area (Å²) in [5.41, 5.74) is 2.61. The number of nitrogens with zero attached hydrogens (tertiary/aromatic N) is 1. The average molecular weight is 397 g/mol. The molecule has 1 saturated heterocycles. The Hall–Kier alpha value is -2.89. The highest BCUT2D eigenvalue weighted by molar-refractivity contribution is 5.95. The summed E-state index contributed by atoms with van der Waals surface area (Å²) in [5, 5.41) is 5.49. The van der Waals surface area contributed by atoms with Gasteiger partial charge in [0.2, 0.25) is 11.8 Å². The van der Waals surface area contributed by atoms with E-state index in [1.165, 1.54) is 37.1 Å². The predicted octanol–water partition coefficient (Wildman–Crippen LogP) is 4.06. The van der Waals surface area contributed by atoms with Crippen LogP contribution in [-0.2, 0) is 9.59 Å². The van der Waals surface area contributed by atoms with Crippen molar-refractivity contribution in [2.45, 2.75) is 38.5 Å². The number of piperidine rings is 1. The summed E-state index contributed by atoms with van der Waals surface area (Å²) >= 11 is 0. The van der Waals surface area contributed by atoms with E-state index in [2.05, 4.69) is 15.5 Å². The van der Waals surface area contributed by atoms with E-state index in [9.17, 15) is 14.0 Å². The molecule has 29 heavy (non-hydrogen) atoms. The first-order valence-corrected chi connectivity index (χ1v) is 10.2. The number of anilines is 2. The molecule has 154 valence electrons. The van der Waals surface area contributed by atoms with E-state index in [0.29, 0.717) is 12.1 Å². The van der Waals surface area contributed by atoms with Gasteiger partial charge < -0.3 is 15.5 Å². The third-order valence-corrected chi connectivity index (χ3v) is 5.29. The second-order valence-corrected chi connectivity index (χ2v) is 7.37. The molecule has 3 rings (SSSR count). The summed E-state index contributed by atoms with van der Waals surface area (Å²) in [6, 6.07) is 13.7. The number of carbonyl (C=O) groups is 2. The van der Waals surface area contributed by atoms with Crippen molar-refractivity contribution < 1.29 is 14.0 Å². The van der Waals surface area contributed by atoms with E-state index in [1.807, 2.05) is 31.2 Å². The number of amides is 2. The molecule has 1 aliphatic heterocycles. The Balaban J connectivity index is 1.49. The lowest BCUT2D eigenvalue weighted by molar-refractivity contribution is -0.125. The van der Waals surface area contributed by atoms with E-state index in [-0.39, 0.29) is 24.2 Å². The largest absolute Gasteiger partial charge is 0.372 e. The Morgan fingerprint density at radius 2 is 1.66 bits per heavy atom. The smallest absolute Gasteiger partial charge is 0.243 e. The number of rotatable bonds is 7. The van der Waals surface area contributed by atoms with Crippen molar-refractivity contribution in [1.29, 1.82) is 0 Å². The minimum atomic E-state index is -0.410. The summed E-state index contributed by atoms with van der Waals surface area (Å²) in [4.78, 5) is 27.0. The molecular weight excluding hydrogens is 369 g/mol. The van der Waals surface area contributed by atoms with Gasteiger partial charge in [0.25, 0.3) is 0 Å². The molecule has 5 nitrogen and oxygen atoms in total. The number of nitrogens with one attached hydrogen (secondary N) is 2. The summed E-state index contributed by atoms with van der Waals surface area (Å²) in [7, 11) is 0. The highest BCUT2D eigenvalue weighted by atomic mass is 19.1. The number of halogens is 1. The molecule has 0 saturated carbocycles. The summed E-state index contributed by atoms with van der Waals surface area (Å²) in [6.07, 6.45) is 4.29. The molecule has 1 heterocycles. The maximum absolute atomic E-state index is 13.1. The maximum Gasteiger partial charge on any atom is 0.243 e. The molecular formula is C23H28FN3O2. The van der Waals surface area contributed by atoms with Crippen LogP contribution in [0.3, 0.4) is 0 Å². The van der Waals surface area contributed by atoms with Gasteiger partial charge in [-0.25, -0.2) is 4.39 Å². The number of hydrogen-bond donors (Lipinski definition) is 2. The lowest BCUT2D eigenvalue weighted by Gasteiger charge is -2.28. The van der Waals surface area contributed by atoms with Gasteiger partial charge in [0.05, 0.1) is 12.5 Å². The Labute approximate surface area is 171 Å². The topological polar surface area (TPSA) is 61.4 Å². The molecule has 0 bridgehead atoms. The van der Waals surface area contributed by atoms with Gasteiger partial charge >= 0.3 is 0 Å². The van der Waals surface area contributed by atoms with Crippen molar-refractivity contribution in [3.8, 4) is 0 Å². The van der Waals surface area contributed by atoms with E-state index in [1.54, 1.807) is 12.1 Å². The van der Waals surface area contributed by atoms with Gasteiger partial charge in [-0.1, -0.05) is 19.1 Å². The van der Waals surface area contributed by atoms with Crippen molar-refractivity contribution in [3.63, 3.8) is 0 Å². The zero-order valence-electron chi connectivity index (χ0n) is 16.8. The van der Waals surface area contributed by atoms with Gasteiger partial charge in [0.1, 0.15) is 5.82 Å². The molecule has 2 amide bonds. The van der Waals surface area contributed by atoms with E-state index >= 15 is 0 Å². The summed E-state index contributed by atoms with van der Waals surface area (Å²) in [6.45, 7) is 3.93. The second kappa shape index (κ2) is 10.0. The minimum Gasteiger partial charge on any atom is -0.372 e. The summed E-state index contributed by atoms with van der Waals surface area (Å²) in [5.74, 6) is -1.27. The van der Waals surface area contributed by atoms with Crippen LogP contribution in [0.15, 0.2) is 48.5 Å². The van der Waals surface area contributed by atoms with Crippen molar-refractivity contribution in [3.05, 3.63) is 59.9 Å². The molecule has 2 aromatic rings. The first-order valence-electron chi connectivity index (χ1n) is 10.2. The highest BCUT2D eigenvalue weighted by Gasteiger charge is 2.19. The van der Waals surface area contributed by atoms with Gasteiger partial charge in [-0.2, -0.15) is 0 Å². The SMILES string of the molecule is CCC(C(=O)NCC(=O)Nc1ccc(N2CCCCC2)cc1)c1ccc(F)cc1. The molecule has 1 atom stereocenters. The normalized spacial score (nSPS) is 14.9. The fourth-order valence-corrected chi connectivity index (χ4v) is 3.67. The van der Waals surface area contributed by atoms with Crippen LogP contribution in [0.25, 0.3) is 0 Å². The van der Waals surface area contributed by atoms with Crippen LogP contribution in [0.4, 0.5) is 15.8 Å². The molecule has 1 aliphatic rings. The Morgan fingerprint density at radius 1 is 1.00 bits per heavy atom. The summed E-state index contributed by atoms with van der Waals surface area (Å²) < 4.78 is 13.1. The standard InChI is InChI=1S/C23H28FN3O2/c1-2-21(17-6-8-18(24)9-7-17)23(29)25-16-22(28)26-19-10-12-20(13-11-19)27-14-4-3-5-15-27/h6-13,21H,2-5,14-16H2,1H3,(H,25,29)(H,26,28). The maximum atomic E-state index is 13.1. The Kier molecular flexibility index (Phi) is 7.22. The van der Waals surface area contributed by atoms with Crippen LogP contribution < -0.4 is 15.5 Å². The second-order valence-electron chi connectivity index (χ2n) is 7.37. The third-order valence-electron chi connectivity index (χ3n) is 5.29. The predicted molar refractivity (Wildman–Crippen MR) is 114 cm³/mol. The molecule has 2 aromatic carbocycles. The number of hydrogen-bond acceptors (Lipinski definition) is 3. The quantitative estimate of drug-likeness (QED) is 0.741. The van der Waals surface area contributed by atoms with Gasteiger partial charge in [0.15, 0.2) is 0 Å². The van der Waals surface area contributed by atoms with Gasteiger partial charge in [-0.05, 0) is 67.6 Å². The molecule has 1 fully saturated rings. The number of benzene rings is 2. The number of carbonyl (C=O) groups excluding carboxylic acids is 2. The highest BCUT2D eigenvalue weighted by Crippen LogP contribution is 2.22. The molecule has 0 spiro atoms. The van der Waals surface area contributed by atoms with Crippen LogP contribution in [0, 0.1) is 5.82 Å². The van der Waals surface area contributed by atoms with Crippen LogP contribution in [0.2, 0.25) is 0 Å². The van der Waals surface area contributed by atoms with Crippen LogP contribution in [-0.4, -0.2) is 31.4 Å². The van der Waals surface area contributed by atoms with E-state index in [4.69, 9.17) is 0 Å². The van der Waals surface area contributed by atoms with Crippen molar-refractivity contribution in [1.82, 2.24) is 5.32 Å². The third kappa shape index (κ3) is 5.79. The van der Waals surface area contributed by atoms with Crippen LogP contribution in [0.1, 0.15) is 44.1 Å². The molecule has 0 aliphatic carbocycles. The monoisotopic (exact) mass is 397 g/mol. The minimum absolute atomic E-state index is 0.107. The van der Waals surface area contributed by atoms with Crippen LogP contribution in [0.5, 0.6) is 0 Å². The molecule has 1 unspecified atom stereocenters. The van der Waals surface area contributed by atoms with Crippen molar-refractivity contribution >= 4 is 23.2 Å². The molecule has 0 radical (unpaired) electrons. The Morgan fingerprint density at radius 3 is 2.28 bits per heavy atom. The molecule has 2 N–H and O–H groups in total. The van der Waals surface area contributed by atoms with Crippen LogP contribution >= 0.6 is 0 Å². The lowest BCUT2D eigenvalue weighted by atomic mass is 9.95. The first-order chi connectivity index (χ1) is 14.1. The van der Waals surface area contributed by atoms with Gasteiger partial charge in [-0.3, -0.25) is 9.59 Å². The zero-order valence-corrected chi connectivity index (χ0v) is 16.8. The molecule has 0 aromatic heterocycles. The van der Waals surface area contributed by atoms with Crippen molar-refractivity contribution in [2.75, 3.05) is 29.9 Å². The van der Waals surface area contributed by atoms with Gasteiger partial charge in [0, 0.05) is 24.5 Å². The Bertz CT molecular complexity index is 815. The van der Waals surface area contributed by atoms with E-state index < -0.39 is 5.92 Å². The van der Waals surface area contributed by atoms with Crippen molar-refractivity contribution in [2.24, 2.45) is 0 Å². The van der Waals surface area contributed by atoms with E-state index in [0.717, 1.165) is 18.7 Å². The van der Waals surface area contributed by atoms with Gasteiger partial charge in [-0.15, -0.1) is 0 Å². The fourth-order valence-electron chi connectivity index (χ4n) is 3.67. The zero-order chi connectivity index (χ0) is 20.6. The fraction of sp³-hybridized carbons (Fsp3) is 0.391. The molecule has 6 heteroatoms. The first kappa shape index (κ1) is 20.8. The lowest BCUT2D eigenvalue weighted by Crippen LogP contribution is -2.36.